The van der Waals surface area contributed by atoms with Gasteiger partial charge in [-0.15, -0.1) is 0 Å². The molecule has 0 amide bonds. The molecule has 36 heavy (non-hydrogen) atoms. The molecule has 1 heterocycles. The number of oxazole rings is 1. The van der Waals surface area contributed by atoms with Crippen molar-refractivity contribution in [2.24, 2.45) is 5.92 Å². The van der Waals surface area contributed by atoms with Gasteiger partial charge < -0.3 is 35.7 Å². The molecular weight excluding hydrogens is 516 g/mol. The smallest absolute Gasteiger partial charge is 0.231 e. The van der Waals surface area contributed by atoms with Crippen LogP contribution in [0.15, 0.2) is 71.3 Å². The first-order chi connectivity index (χ1) is 17.0. The van der Waals surface area contributed by atoms with E-state index in [0.717, 1.165) is 80.6 Å². The molecule has 196 valence electrons. The highest BCUT2D eigenvalue weighted by Crippen LogP contribution is 2.43. The van der Waals surface area contributed by atoms with Crippen LogP contribution in [0.2, 0.25) is 0 Å². The van der Waals surface area contributed by atoms with E-state index in [1.165, 1.54) is 12.0 Å². The lowest BCUT2D eigenvalue weighted by molar-refractivity contribution is -0.890. The summed E-state index contributed by atoms with van der Waals surface area (Å²) in [6.45, 7) is 3.33. The number of rotatable bonds is 12. The van der Waals surface area contributed by atoms with Crippen molar-refractivity contribution in [1.82, 2.24) is 4.98 Å². The zero-order valence-electron chi connectivity index (χ0n) is 21.7. The molecule has 1 saturated carbocycles. The Morgan fingerprint density at radius 2 is 1.58 bits per heavy atom. The van der Waals surface area contributed by atoms with E-state index in [0.29, 0.717) is 5.89 Å². The first kappa shape index (κ1) is 28.6. The maximum atomic E-state index is 12.0. The van der Waals surface area contributed by atoms with E-state index in [1.54, 1.807) is 0 Å². The average Bonchev–Trinajstić information content (AvgIpc) is 3.38. The molecule has 0 bridgehead atoms. The summed E-state index contributed by atoms with van der Waals surface area (Å²) in [5.41, 5.74) is 1.02. The quantitative estimate of drug-likeness (QED) is 0.275. The van der Waals surface area contributed by atoms with Gasteiger partial charge in [-0.1, -0.05) is 79.9 Å². The van der Waals surface area contributed by atoms with Crippen LogP contribution >= 0.6 is 0 Å². The number of hydrogen-bond acceptors (Lipinski definition) is 4. The molecule has 1 fully saturated rings. The minimum Gasteiger partial charge on any atom is -1.00 e. The Morgan fingerprint density at radius 1 is 0.917 bits per heavy atom. The van der Waals surface area contributed by atoms with Crippen LogP contribution in [0.5, 0.6) is 0 Å². The Labute approximate surface area is 226 Å². The van der Waals surface area contributed by atoms with Gasteiger partial charge in [-0.2, -0.15) is 0 Å². The third-order valence-corrected chi connectivity index (χ3v) is 7.47. The Hall–Kier alpha value is -1.99. The van der Waals surface area contributed by atoms with Crippen LogP contribution in [0.3, 0.4) is 0 Å². The summed E-state index contributed by atoms with van der Waals surface area (Å²) < 4.78 is 13.0. The maximum absolute atomic E-state index is 12.0. The molecule has 4 rings (SSSR count). The molecule has 1 aromatic heterocycles. The zero-order valence-corrected chi connectivity index (χ0v) is 23.3. The third-order valence-electron chi connectivity index (χ3n) is 7.47. The van der Waals surface area contributed by atoms with Gasteiger partial charge in [0.2, 0.25) is 5.89 Å². The molecule has 0 saturated heterocycles. The van der Waals surface area contributed by atoms with Gasteiger partial charge in [0.25, 0.3) is 0 Å². The zero-order chi connectivity index (χ0) is 24.6. The van der Waals surface area contributed by atoms with E-state index in [2.05, 4.69) is 43.3 Å². The fourth-order valence-corrected chi connectivity index (χ4v) is 5.12. The Balaban J connectivity index is 0.00000361. The highest BCUT2D eigenvalue weighted by Gasteiger charge is 2.44. The molecule has 1 atom stereocenters. The summed E-state index contributed by atoms with van der Waals surface area (Å²) in [5.74, 6) is 1.41. The molecule has 5 nitrogen and oxygen atoms in total. The van der Waals surface area contributed by atoms with Crippen molar-refractivity contribution < 1.29 is 35.7 Å². The van der Waals surface area contributed by atoms with Crippen LogP contribution in [0.25, 0.3) is 0 Å². The number of nitrogens with zero attached hydrogens (tertiary/aromatic N) is 2. The van der Waals surface area contributed by atoms with E-state index in [1.807, 2.05) is 42.6 Å². The van der Waals surface area contributed by atoms with Crippen molar-refractivity contribution in [3.63, 3.8) is 0 Å². The van der Waals surface area contributed by atoms with Crippen molar-refractivity contribution in [2.75, 3.05) is 40.4 Å². The summed E-state index contributed by atoms with van der Waals surface area (Å²) in [5, 5.41) is 12.0. The van der Waals surface area contributed by atoms with Crippen molar-refractivity contribution in [3.8, 4) is 0 Å². The Morgan fingerprint density at radius 3 is 2.28 bits per heavy atom. The molecule has 1 aliphatic rings. The minimum atomic E-state index is -1.17. The summed E-state index contributed by atoms with van der Waals surface area (Å²) in [4.78, 5) is 4.61. The second-order valence-electron chi connectivity index (χ2n) is 10.6. The Bertz CT molecular complexity index is 1020. The Kier molecular flexibility index (Phi) is 10.7. The first-order valence-electron chi connectivity index (χ1n) is 13.1. The SMILES string of the molecule is C[N+](C)(CCOCCc1ccccc1)CCc1cnc(C(O)(c2ccccc2)C2CCCCC2)o1.[Br-]. The van der Waals surface area contributed by atoms with Crippen LogP contribution in [0, 0.1) is 5.92 Å². The van der Waals surface area contributed by atoms with Gasteiger partial charge >= 0.3 is 0 Å². The van der Waals surface area contributed by atoms with Crippen LogP contribution in [0.4, 0.5) is 0 Å². The number of quaternary nitrogens is 1. The van der Waals surface area contributed by atoms with Crippen LogP contribution < -0.4 is 17.0 Å². The van der Waals surface area contributed by atoms with Crippen molar-refractivity contribution in [1.29, 1.82) is 0 Å². The van der Waals surface area contributed by atoms with Gasteiger partial charge in [0.05, 0.1) is 46.5 Å². The van der Waals surface area contributed by atoms with E-state index in [9.17, 15) is 5.11 Å². The number of aliphatic hydroxyl groups is 1. The first-order valence-corrected chi connectivity index (χ1v) is 13.1. The minimum absolute atomic E-state index is 0. The summed E-state index contributed by atoms with van der Waals surface area (Å²) in [6.07, 6.45) is 9.05. The molecule has 0 spiro atoms. The van der Waals surface area contributed by atoms with E-state index >= 15 is 0 Å². The third kappa shape index (κ3) is 7.51. The molecule has 0 aliphatic heterocycles. The lowest BCUT2D eigenvalue weighted by Crippen LogP contribution is -3.00. The summed E-state index contributed by atoms with van der Waals surface area (Å²) in [7, 11) is 4.44. The van der Waals surface area contributed by atoms with Gasteiger partial charge in [-0.3, -0.25) is 0 Å². The normalized spacial score (nSPS) is 16.3. The molecule has 2 aromatic carbocycles. The highest BCUT2D eigenvalue weighted by atomic mass is 79.9. The van der Waals surface area contributed by atoms with Gasteiger partial charge in [0.15, 0.2) is 5.60 Å². The number of halogens is 1. The van der Waals surface area contributed by atoms with Gasteiger partial charge in [0.1, 0.15) is 12.3 Å². The average molecular weight is 558 g/mol. The number of ether oxygens (including phenoxy) is 1. The van der Waals surface area contributed by atoms with E-state index in [-0.39, 0.29) is 22.9 Å². The van der Waals surface area contributed by atoms with Gasteiger partial charge in [0, 0.05) is 5.92 Å². The van der Waals surface area contributed by atoms with Crippen LogP contribution in [0.1, 0.15) is 54.9 Å². The summed E-state index contributed by atoms with van der Waals surface area (Å²) >= 11 is 0. The molecule has 0 radical (unpaired) electrons. The molecular formula is C30H41BrN2O3. The fourth-order valence-electron chi connectivity index (χ4n) is 5.12. The molecule has 1 unspecified atom stereocenters. The number of hydrogen-bond donors (Lipinski definition) is 1. The van der Waals surface area contributed by atoms with Crippen LogP contribution in [-0.4, -0.2) is 55.0 Å². The second kappa shape index (κ2) is 13.5. The van der Waals surface area contributed by atoms with Gasteiger partial charge in [-0.25, -0.2) is 4.98 Å². The second-order valence-corrected chi connectivity index (χ2v) is 10.6. The molecule has 3 aromatic rings. The maximum Gasteiger partial charge on any atom is 0.231 e. The van der Waals surface area contributed by atoms with E-state index in [4.69, 9.17) is 9.15 Å². The number of likely N-dealkylation sites (N-methyl/N-ethyl adjacent to an activating group) is 1. The van der Waals surface area contributed by atoms with Crippen molar-refractivity contribution in [2.45, 2.75) is 50.5 Å². The van der Waals surface area contributed by atoms with Gasteiger partial charge in [-0.05, 0) is 30.4 Å². The van der Waals surface area contributed by atoms with Crippen LogP contribution in [-0.2, 0) is 23.2 Å². The van der Waals surface area contributed by atoms with Crippen molar-refractivity contribution in [3.05, 3.63) is 89.6 Å². The standard InChI is InChI=1S/C30H41N2O3.BrH/c1-32(2,21-23-34-22-19-25-12-6-3-7-13-25)20-18-28-24-31-29(35-28)30(33,26-14-8-4-9-15-26)27-16-10-5-11-17-27;/h3-4,6-9,12-15,24,27,33H,5,10-11,16-23H2,1-2H3;1H/q+1;/p-1. The topological polar surface area (TPSA) is 55.5 Å². The lowest BCUT2D eigenvalue weighted by Gasteiger charge is -2.36. The predicted molar refractivity (Wildman–Crippen MR) is 139 cm³/mol. The molecule has 6 heteroatoms. The highest BCUT2D eigenvalue weighted by molar-refractivity contribution is 5.30. The number of benzene rings is 2. The monoisotopic (exact) mass is 556 g/mol. The number of aromatic nitrogens is 1. The molecule has 1 aliphatic carbocycles. The van der Waals surface area contributed by atoms with Crippen molar-refractivity contribution >= 4 is 0 Å². The lowest BCUT2D eigenvalue weighted by atomic mass is 9.73. The largest absolute Gasteiger partial charge is 1.00 e. The summed E-state index contributed by atoms with van der Waals surface area (Å²) in [6, 6.07) is 20.4. The fraction of sp³-hybridized carbons (Fsp3) is 0.500. The van der Waals surface area contributed by atoms with E-state index < -0.39 is 5.60 Å². The molecule has 1 N–H and O–H groups in total. The predicted octanol–water partition coefficient (Wildman–Crippen LogP) is 2.37.